The van der Waals surface area contributed by atoms with Crippen molar-refractivity contribution >= 4 is 18.3 Å². The van der Waals surface area contributed by atoms with Gasteiger partial charge in [0.05, 0.1) is 12.2 Å². The Bertz CT molecular complexity index is 584. The molecule has 1 amide bonds. The minimum Gasteiger partial charge on any atom is -0.384 e. The van der Waals surface area contributed by atoms with Gasteiger partial charge in [-0.05, 0) is 44.1 Å². The Kier molecular flexibility index (Phi) is 7.64. The summed E-state index contributed by atoms with van der Waals surface area (Å²) in [4.78, 5) is 12.2. The number of hydrogen-bond donors (Lipinski definition) is 2. The summed E-state index contributed by atoms with van der Waals surface area (Å²) < 4.78 is 56.8. The van der Waals surface area contributed by atoms with Crippen molar-refractivity contribution in [2.45, 2.75) is 19.0 Å². The predicted octanol–water partition coefficient (Wildman–Crippen LogP) is 3.01. The maximum atomic E-state index is 13.4. The van der Waals surface area contributed by atoms with Gasteiger partial charge in [-0.3, -0.25) is 4.79 Å². The first kappa shape index (κ1) is 21.7. The van der Waals surface area contributed by atoms with Crippen LogP contribution in [0.15, 0.2) is 18.2 Å². The highest BCUT2D eigenvalue weighted by Gasteiger charge is 2.34. The molecule has 1 aromatic rings. The number of alkyl halides is 3. The van der Waals surface area contributed by atoms with Crippen molar-refractivity contribution in [3.63, 3.8) is 0 Å². The van der Waals surface area contributed by atoms with E-state index in [-0.39, 0.29) is 29.9 Å². The SMILES string of the molecule is COCC1(CNC(=O)c2cc(F)cc(C(F)(F)F)c2)CCNCC1.Cl. The molecule has 1 aliphatic rings. The van der Waals surface area contributed by atoms with Crippen molar-refractivity contribution in [1.82, 2.24) is 10.6 Å². The fourth-order valence-electron chi connectivity index (χ4n) is 2.89. The summed E-state index contributed by atoms with van der Waals surface area (Å²) in [6.45, 7) is 2.25. The van der Waals surface area contributed by atoms with Crippen LogP contribution in [-0.4, -0.2) is 39.3 Å². The van der Waals surface area contributed by atoms with Crippen LogP contribution in [0.2, 0.25) is 0 Å². The zero-order chi connectivity index (χ0) is 17.8. The third-order valence-electron chi connectivity index (χ3n) is 4.23. The maximum Gasteiger partial charge on any atom is 0.416 e. The molecule has 1 saturated heterocycles. The van der Waals surface area contributed by atoms with Gasteiger partial charge in [-0.25, -0.2) is 4.39 Å². The summed E-state index contributed by atoms with van der Waals surface area (Å²) in [5, 5.41) is 5.83. The number of nitrogens with one attached hydrogen (secondary N) is 2. The maximum absolute atomic E-state index is 13.4. The number of hydrogen-bond acceptors (Lipinski definition) is 3. The van der Waals surface area contributed by atoms with Gasteiger partial charge < -0.3 is 15.4 Å². The predicted molar refractivity (Wildman–Crippen MR) is 87.4 cm³/mol. The zero-order valence-electron chi connectivity index (χ0n) is 13.7. The summed E-state index contributed by atoms with van der Waals surface area (Å²) >= 11 is 0. The van der Waals surface area contributed by atoms with Crippen LogP contribution >= 0.6 is 12.4 Å². The van der Waals surface area contributed by atoms with Gasteiger partial charge in [-0.15, -0.1) is 12.4 Å². The van der Waals surface area contributed by atoms with Crippen LogP contribution in [0.3, 0.4) is 0 Å². The highest BCUT2D eigenvalue weighted by molar-refractivity contribution is 5.94. The van der Waals surface area contributed by atoms with E-state index >= 15 is 0 Å². The highest BCUT2D eigenvalue weighted by Crippen LogP contribution is 2.31. The summed E-state index contributed by atoms with van der Waals surface area (Å²) in [7, 11) is 1.56. The first-order valence-electron chi connectivity index (χ1n) is 7.61. The molecular weight excluding hydrogens is 364 g/mol. The van der Waals surface area contributed by atoms with Gasteiger partial charge in [0.15, 0.2) is 0 Å². The van der Waals surface area contributed by atoms with Crippen molar-refractivity contribution in [2.75, 3.05) is 33.4 Å². The van der Waals surface area contributed by atoms with Gasteiger partial charge in [-0.1, -0.05) is 0 Å². The Morgan fingerprint density at radius 1 is 1.28 bits per heavy atom. The normalized spacial score (nSPS) is 16.8. The Balaban J connectivity index is 0.00000312. The van der Waals surface area contributed by atoms with Crippen LogP contribution < -0.4 is 10.6 Å². The lowest BCUT2D eigenvalue weighted by atomic mass is 9.79. The third-order valence-corrected chi connectivity index (χ3v) is 4.23. The molecule has 2 rings (SSSR count). The number of carbonyl (C=O) groups excluding carboxylic acids is 1. The van der Waals surface area contributed by atoms with Crippen LogP contribution in [0.4, 0.5) is 17.6 Å². The standard InChI is InChI=1S/C16H20F4N2O2.ClH/c1-24-10-15(2-4-21-5-3-15)9-22-14(23)11-6-12(16(18,19)20)8-13(17)7-11;/h6-8,21H,2-5,9-10H2,1H3,(H,22,23);1H. The molecule has 1 aliphatic heterocycles. The van der Waals surface area contributed by atoms with E-state index in [0.29, 0.717) is 18.7 Å². The van der Waals surface area contributed by atoms with Crippen LogP contribution in [0.1, 0.15) is 28.8 Å². The molecule has 0 spiro atoms. The van der Waals surface area contributed by atoms with Gasteiger partial charge >= 0.3 is 6.18 Å². The number of amides is 1. The van der Waals surface area contributed by atoms with Crippen molar-refractivity contribution in [1.29, 1.82) is 0 Å². The van der Waals surface area contributed by atoms with Gasteiger partial charge in [0.1, 0.15) is 5.82 Å². The van der Waals surface area contributed by atoms with Crippen molar-refractivity contribution in [3.05, 3.63) is 35.1 Å². The molecule has 2 N–H and O–H groups in total. The first-order chi connectivity index (χ1) is 11.3. The molecule has 0 aromatic heterocycles. The topological polar surface area (TPSA) is 50.4 Å². The fraction of sp³-hybridized carbons (Fsp3) is 0.562. The van der Waals surface area contributed by atoms with E-state index in [1.54, 1.807) is 7.11 Å². The lowest BCUT2D eigenvalue weighted by molar-refractivity contribution is -0.137. The van der Waals surface area contributed by atoms with Gasteiger partial charge in [0.2, 0.25) is 0 Å². The largest absolute Gasteiger partial charge is 0.416 e. The van der Waals surface area contributed by atoms with Crippen LogP contribution in [0.25, 0.3) is 0 Å². The smallest absolute Gasteiger partial charge is 0.384 e. The number of ether oxygens (including phenoxy) is 1. The van der Waals surface area contributed by atoms with Crippen LogP contribution in [0.5, 0.6) is 0 Å². The van der Waals surface area contributed by atoms with E-state index in [1.807, 2.05) is 0 Å². The molecule has 0 radical (unpaired) electrons. The highest BCUT2D eigenvalue weighted by atomic mass is 35.5. The second kappa shape index (κ2) is 8.82. The molecule has 1 aromatic carbocycles. The molecule has 25 heavy (non-hydrogen) atoms. The minimum absolute atomic E-state index is 0. The molecule has 0 aliphatic carbocycles. The van der Waals surface area contributed by atoms with Crippen LogP contribution in [-0.2, 0) is 10.9 Å². The zero-order valence-corrected chi connectivity index (χ0v) is 14.5. The molecule has 0 saturated carbocycles. The van der Waals surface area contributed by atoms with E-state index in [9.17, 15) is 22.4 Å². The summed E-state index contributed by atoms with van der Waals surface area (Å²) in [6, 6.07) is 1.83. The van der Waals surface area contributed by atoms with E-state index in [1.165, 1.54) is 0 Å². The third kappa shape index (κ3) is 5.83. The number of rotatable bonds is 5. The molecule has 0 bridgehead atoms. The Labute approximate surface area is 149 Å². The van der Waals surface area contributed by atoms with E-state index in [0.717, 1.165) is 32.0 Å². The number of carbonyl (C=O) groups is 1. The van der Waals surface area contributed by atoms with Crippen LogP contribution in [0, 0.1) is 11.2 Å². The van der Waals surface area contributed by atoms with E-state index in [4.69, 9.17) is 4.74 Å². The van der Waals surface area contributed by atoms with Crippen molar-refractivity contribution in [2.24, 2.45) is 5.41 Å². The Morgan fingerprint density at radius 3 is 2.48 bits per heavy atom. The van der Waals surface area contributed by atoms with Crippen molar-refractivity contribution in [3.8, 4) is 0 Å². The summed E-state index contributed by atoms with van der Waals surface area (Å²) in [5.74, 6) is -1.82. The molecular formula is C16H21ClF4N2O2. The van der Waals surface area contributed by atoms with Gasteiger partial charge in [-0.2, -0.15) is 13.2 Å². The van der Waals surface area contributed by atoms with E-state index in [2.05, 4.69) is 10.6 Å². The Hall–Kier alpha value is -1.38. The molecule has 1 fully saturated rings. The minimum atomic E-state index is -4.70. The number of piperidine rings is 1. The Morgan fingerprint density at radius 2 is 1.92 bits per heavy atom. The number of methoxy groups -OCH3 is 1. The number of halogens is 5. The lowest BCUT2D eigenvalue weighted by Gasteiger charge is -2.37. The molecule has 0 atom stereocenters. The molecule has 142 valence electrons. The molecule has 4 nitrogen and oxygen atoms in total. The molecule has 0 unspecified atom stereocenters. The van der Waals surface area contributed by atoms with Gasteiger partial charge in [0, 0.05) is 24.6 Å². The van der Waals surface area contributed by atoms with Crippen molar-refractivity contribution < 1.29 is 27.1 Å². The fourth-order valence-corrected chi connectivity index (χ4v) is 2.89. The quantitative estimate of drug-likeness (QED) is 0.767. The number of benzene rings is 1. The summed E-state index contributed by atoms with van der Waals surface area (Å²) in [6.07, 6.45) is -3.15. The lowest BCUT2D eigenvalue weighted by Crippen LogP contribution is -2.47. The second-order valence-corrected chi connectivity index (χ2v) is 6.09. The summed E-state index contributed by atoms with van der Waals surface area (Å²) in [5.41, 5.74) is -1.79. The monoisotopic (exact) mass is 384 g/mol. The van der Waals surface area contributed by atoms with Gasteiger partial charge in [0.25, 0.3) is 5.91 Å². The average molecular weight is 385 g/mol. The second-order valence-electron chi connectivity index (χ2n) is 6.09. The molecule has 9 heteroatoms. The first-order valence-corrected chi connectivity index (χ1v) is 7.61. The van der Waals surface area contributed by atoms with E-state index < -0.39 is 23.5 Å². The molecule has 1 heterocycles. The average Bonchev–Trinajstić information content (AvgIpc) is 2.52.